The summed E-state index contributed by atoms with van der Waals surface area (Å²) in [5, 5.41) is 17.4. The van der Waals surface area contributed by atoms with Crippen molar-refractivity contribution >= 4 is 17.3 Å². The normalized spacial score (nSPS) is 11.0. The fourth-order valence-electron chi connectivity index (χ4n) is 2.33. The Morgan fingerprint density at radius 1 is 1.00 bits per heavy atom. The van der Waals surface area contributed by atoms with Crippen molar-refractivity contribution in [3.8, 4) is 0 Å². The van der Waals surface area contributed by atoms with Gasteiger partial charge < -0.3 is 5.11 Å². The predicted molar refractivity (Wildman–Crippen MR) is 92.0 cm³/mol. The van der Waals surface area contributed by atoms with Gasteiger partial charge in [-0.3, -0.25) is 0 Å². The minimum atomic E-state index is -0.948. The smallest absolute Gasteiger partial charge is 0.336 e. The molecule has 2 rings (SSSR count). The summed E-state index contributed by atoms with van der Waals surface area (Å²) in [6, 6.07) is 13.1. The molecular weight excluding hydrogens is 288 g/mol. The molecule has 1 N–H and O–H groups in total. The Balaban J connectivity index is 2.05. The summed E-state index contributed by atoms with van der Waals surface area (Å²) in [6.07, 6.45) is 4.77. The highest BCUT2D eigenvalue weighted by atomic mass is 16.4. The maximum atomic E-state index is 11.1. The van der Waals surface area contributed by atoms with Crippen LogP contribution in [0.5, 0.6) is 0 Å². The summed E-state index contributed by atoms with van der Waals surface area (Å²) in [7, 11) is 0. The molecule has 120 valence electrons. The van der Waals surface area contributed by atoms with E-state index in [1.165, 1.54) is 24.8 Å². The van der Waals surface area contributed by atoms with Crippen molar-refractivity contribution in [2.24, 2.45) is 10.2 Å². The van der Waals surface area contributed by atoms with Crippen LogP contribution in [0.3, 0.4) is 0 Å². The van der Waals surface area contributed by atoms with Crippen LogP contribution in [0, 0.1) is 6.92 Å². The Bertz CT molecular complexity index is 691. The molecule has 0 saturated heterocycles. The van der Waals surface area contributed by atoms with Crippen LogP contribution in [0.2, 0.25) is 0 Å². The van der Waals surface area contributed by atoms with Crippen molar-refractivity contribution in [3.05, 3.63) is 59.2 Å². The van der Waals surface area contributed by atoms with Crippen LogP contribution in [-0.4, -0.2) is 11.1 Å². The molecule has 23 heavy (non-hydrogen) atoms. The van der Waals surface area contributed by atoms with Gasteiger partial charge in [0.1, 0.15) is 0 Å². The molecule has 0 atom stereocenters. The highest BCUT2D eigenvalue weighted by Gasteiger charge is 2.07. The molecule has 0 aliphatic heterocycles. The number of benzene rings is 2. The summed E-state index contributed by atoms with van der Waals surface area (Å²) in [6.45, 7) is 3.96. The Labute approximate surface area is 136 Å². The van der Waals surface area contributed by atoms with Gasteiger partial charge in [0.05, 0.1) is 16.9 Å². The Morgan fingerprint density at radius 2 is 1.65 bits per heavy atom. The summed E-state index contributed by atoms with van der Waals surface area (Å²) in [5.41, 5.74) is 3.59. The Morgan fingerprint density at radius 3 is 2.30 bits per heavy atom. The maximum Gasteiger partial charge on any atom is 0.336 e. The van der Waals surface area contributed by atoms with Crippen molar-refractivity contribution < 1.29 is 9.90 Å². The molecule has 4 heteroatoms. The number of aryl methyl sites for hydroxylation is 2. The molecule has 0 amide bonds. The van der Waals surface area contributed by atoms with Crippen LogP contribution in [0.25, 0.3) is 0 Å². The van der Waals surface area contributed by atoms with Gasteiger partial charge in [-0.05, 0) is 55.2 Å². The fourth-order valence-corrected chi connectivity index (χ4v) is 2.33. The van der Waals surface area contributed by atoms with E-state index in [4.69, 9.17) is 5.11 Å². The first-order valence-electron chi connectivity index (χ1n) is 7.95. The lowest BCUT2D eigenvalue weighted by Crippen LogP contribution is -1.98. The lowest BCUT2D eigenvalue weighted by atomic mass is 10.1. The summed E-state index contributed by atoms with van der Waals surface area (Å²) >= 11 is 0. The van der Waals surface area contributed by atoms with Gasteiger partial charge >= 0.3 is 5.97 Å². The van der Waals surface area contributed by atoms with Gasteiger partial charge in [-0.1, -0.05) is 38.0 Å². The molecule has 0 spiro atoms. The lowest BCUT2D eigenvalue weighted by molar-refractivity contribution is 0.0696. The third-order valence-electron chi connectivity index (χ3n) is 3.74. The zero-order valence-electron chi connectivity index (χ0n) is 13.6. The average molecular weight is 310 g/mol. The van der Waals surface area contributed by atoms with Crippen molar-refractivity contribution in [2.75, 3.05) is 0 Å². The zero-order chi connectivity index (χ0) is 16.7. The monoisotopic (exact) mass is 310 g/mol. The molecular formula is C19H22N2O2. The van der Waals surface area contributed by atoms with Crippen LogP contribution in [0.1, 0.15) is 47.7 Å². The molecule has 2 aromatic carbocycles. The number of azo groups is 1. The molecule has 0 fully saturated rings. The van der Waals surface area contributed by atoms with Gasteiger partial charge in [-0.15, -0.1) is 0 Å². The van der Waals surface area contributed by atoms with E-state index in [0.29, 0.717) is 11.3 Å². The highest BCUT2D eigenvalue weighted by molar-refractivity contribution is 5.90. The van der Waals surface area contributed by atoms with Crippen LogP contribution in [-0.2, 0) is 6.42 Å². The Kier molecular flexibility index (Phi) is 6.03. The molecule has 0 aliphatic rings. The topological polar surface area (TPSA) is 62.0 Å². The second kappa shape index (κ2) is 8.22. The minimum absolute atomic E-state index is 0.257. The van der Waals surface area contributed by atoms with Gasteiger partial charge in [-0.2, -0.15) is 10.2 Å². The Hall–Kier alpha value is -2.49. The van der Waals surface area contributed by atoms with Gasteiger partial charge in [0.2, 0.25) is 0 Å². The second-order valence-corrected chi connectivity index (χ2v) is 5.63. The summed E-state index contributed by atoms with van der Waals surface area (Å²) < 4.78 is 0. The molecule has 0 heterocycles. The number of hydrogen-bond donors (Lipinski definition) is 1. The zero-order valence-corrected chi connectivity index (χ0v) is 13.6. The number of carboxylic acids is 1. The van der Waals surface area contributed by atoms with Gasteiger partial charge in [-0.25, -0.2) is 4.79 Å². The standard InChI is InChI=1S/C19H22N2O2/c1-3-4-5-6-15-8-11-16(12-9-15)20-21-17-10-7-14(2)18(13-17)19(22)23/h7-13H,3-6H2,1-2H3,(H,22,23). The molecule has 0 radical (unpaired) electrons. The first-order valence-corrected chi connectivity index (χ1v) is 7.95. The largest absolute Gasteiger partial charge is 0.478 e. The number of aromatic carboxylic acids is 1. The van der Waals surface area contributed by atoms with E-state index >= 15 is 0 Å². The minimum Gasteiger partial charge on any atom is -0.478 e. The van der Waals surface area contributed by atoms with Gasteiger partial charge in [0.25, 0.3) is 0 Å². The number of rotatable bonds is 7. The van der Waals surface area contributed by atoms with Crippen LogP contribution >= 0.6 is 0 Å². The van der Waals surface area contributed by atoms with Crippen molar-refractivity contribution in [2.45, 2.75) is 39.5 Å². The average Bonchev–Trinajstić information content (AvgIpc) is 2.55. The third-order valence-corrected chi connectivity index (χ3v) is 3.74. The van der Waals surface area contributed by atoms with Crippen LogP contribution < -0.4 is 0 Å². The first kappa shape index (κ1) is 16.9. The van der Waals surface area contributed by atoms with Crippen molar-refractivity contribution in [1.82, 2.24) is 0 Å². The van der Waals surface area contributed by atoms with E-state index in [0.717, 1.165) is 12.1 Å². The summed E-state index contributed by atoms with van der Waals surface area (Å²) in [5.74, 6) is -0.948. The van der Waals surface area contributed by atoms with Gasteiger partial charge in [0.15, 0.2) is 0 Å². The second-order valence-electron chi connectivity index (χ2n) is 5.63. The van der Waals surface area contributed by atoms with E-state index in [2.05, 4.69) is 29.3 Å². The number of carboxylic acid groups (broad SMARTS) is 1. The van der Waals surface area contributed by atoms with E-state index in [1.807, 2.05) is 12.1 Å². The van der Waals surface area contributed by atoms with E-state index in [-0.39, 0.29) is 5.56 Å². The third kappa shape index (κ3) is 5.02. The van der Waals surface area contributed by atoms with Crippen LogP contribution in [0.15, 0.2) is 52.7 Å². The van der Waals surface area contributed by atoms with Crippen molar-refractivity contribution in [3.63, 3.8) is 0 Å². The predicted octanol–water partition coefficient (Wildman–Crippen LogP) is 5.84. The van der Waals surface area contributed by atoms with E-state index in [9.17, 15) is 4.79 Å². The van der Waals surface area contributed by atoms with Crippen LogP contribution in [0.4, 0.5) is 11.4 Å². The molecule has 4 nitrogen and oxygen atoms in total. The first-order chi connectivity index (χ1) is 11.1. The molecule has 0 unspecified atom stereocenters. The number of carbonyl (C=O) groups is 1. The quantitative estimate of drug-likeness (QED) is 0.515. The molecule has 0 aliphatic carbocycles. The highest BCUT2D eigenvalue weighted by Crippen LogP contribution is 2.22. The van der Waals surface area contributed by atoms with E-state index in [1.54, 1.807) is 25.1 Å². The molecule has 2 aromatic rings. The maximum absolute atomic E-state index is 11.1. The lowest BCUT2D eigenvalue weighted by Gasteiger charge is -2.02. The summed E-state index contributed by atoms with van der Waals surface area (Å²) in [4.78, 5) is 11.1. The van der Waals surface area contributed by atoms with Crippen molar-refractivity contribution in [1.29, 1.82) is 0 Å². The number of nitrogens with zero attached hydrogens (tertiary/aromatic N) is 2. The van der Waals surface area contributed by atoms with E-state index < -0.39 is 5.97 Å². The SMILES string of the molecule is CCCCCc1ccc(N=Nc2ccc(C)c(C(=O)O)c2)cc1. The molecule has 0 saturated carbocycles. The number of hydrogen-bond acceptors (Lipinski definition) is 3. The fraction of sp³-hybridized carbons (Fsp3) is 0.316. The molecule has 0 bridgehead atoms. The van der Waals surface area contributed by atoms with Gasteiger partial charge in [0, 0.05) is 0 Å². The molecule has 0 aromatic heterocycles. The number of unbranched alkanes of at least 4 members (excludes halogenated alkanes) is 2.